The average molecular weight is 375 g/mol. The van der Waals surface area contributed by atoms with Crippen molar-refractivity contribution >= 4 is 10.0 Å². The molecule has 0 spiro atoms. The van der Waals surface area contributed by atoms with Gasteiger partial charge in [-0.2, -0.15) is 4.31 Å². The van der Waals surface area contributed by atoms with E-state index in [4.69, 9.17) is 4.74 Å². The Labute approximate surface area is 156 Å². The second kappa shape index (κ2) is 8.20. The van der Waals surface area contributed by atoms with Gasteiger partial charge in [0.1, 0.15) is 5.75 Å². The number of ether oxygens (including phenoxy) is 1. The van der Waals surface area contributed by atoms with Gasteiger partial charge >= 0.3 is 0 Å². The molecule has 1 saturated heterocycles. The number of hydrogen-bond donors (Lipinski definition) is 0. The van der Waals surface area contributed by atoms with Gasteiger partial charge in [-0.15, -0.1) is 0 Å². The molecule has 0 amide bonds. The first-order valence-electron chi connectivity index (χ1n) is 9.00. The van der Waals surface area contributed by atoms with Crippen LogP contribution in [0.5, 0.6) is 5.75 Å². The van der Waals surface area contributed by atoms with E-state index in [1.165, 1.54) is 5.56 Å². The van der Waals surface area contributed by atoms with E-state index in [0.717, 1.165) is 30.9 Å². The van der Waals surface area contributed by atoms with Gasteiger partial charge in [-0.05, 0) is 43.2 Å². The minimum absolute atomic E-state index is 0.343. The van der Waals surface area contributed by atoms with Gasteiger partial charge in [-0.25, -0.2) is 8.42 Å². The topological polar surface area (TPSA) is 49.9 Å². The van der Waals surface area contributed by atoms with E-state index < -0.39 is 10.0 Å². The molecule has 1 aliphatic heterocycles. The SMILES string of the molecule is CCOc1ccc(S(=O)(=O)N2CCN(Cc3ccccc3)CC2)cc1C. The fourth-order valence-electron chi connectivity index (χ4n) is 3.22. The van der Waals surface area contributed by atoms with Crippen LogP contribution >= 0.6 is 0 Å². The highest BCUT2D eigenvalue weighted by Gasteiger charge is 2.28. The first-order chi connectivity index (χ1) is 12.5. The van der Waals surface area contributed by atoms with Gasteiger partial charge in [0, 0.05) is 32.7 Å². The van der Waals surface area contributed by atoms with E-state index in [1.54, 1.807) is 22.5 Å². The van der Waals surface area contributed by atoms with Crippen LogP contribution in [0.4, 0.5) is 0 Å². The predicted molar refractivity (Wildman–Crippen MR) is 103 cm³/mol. The summed E-state index contributed by atoms with van der Waals surface area (Å²) in [5.41, 5.74) is 2.10. The lowest BCUT2D eigenvalue weighted by atomic mass is 10.2. The van der Waals surface area contributed by atoms with Gasteiger partial charge in [-0.3, -0.25) is 4.90 Å². The quantitative estimate of drug-likeness (QED) is 0.780. The standard InChI is InChI=1S/C20H26N2O3S/c1-3-25-20-10-9-19(15-17(20)2)26(23,24)22-13-11-21(12-14-22)16-18-7-5-4-6-8-18/h4-10,15H,3,11-14,16H2,1-2H3. The van der Waals surface area contributed by atoms with Crippen LogP contribution in [-0.2, 0) is 16.6 Å². The zero-order valence-corrected chi connectivity index (χ0v) is 16.2. The molecule has 0 aliphatic carbocycles. The third kappa shape index (κ3) is 4.26. The lowest BCUT2D eigenvalue weighted by Gasteiger charge is -2.34. The van der Waals surface area contributed by atoms with Gasteiger partial charge in [0.25, 0.3) is 0 Å². The third-order valence-corrected chi connectivity index (χ3v) is 6.56. The molecular formula is C20H26N2O3S. The molecule has 0 unspecified atom stereocenters. The number of benzene rings is 2. The lowest BCUT2D eigenvalue weighted by molar-refractivity contribution is 0.181. The zero-order valence-electron chi connectivity index (χ0n) is 15.4. The molecule has 26 heavy (non-hydrogen) atoms. The molecule has 0 bridgehead atoms. The van der Waals surface area contributed by atoms with Crippen LogP contribution < -0.4 is 4.74 Å². The normalized spacial score (nSPS) is 16.5. The van der Waals surface area contributed by atoms with Crippen molar-refractivity contribution in [3.05, 3.63) is 59.7 Å². The van der Waals surface area contributed by atoms with Gasteiger partial charge in [0.2, 0.25) is 10.0 Å². The zero-order chi connectivity index (χ0) is 18.6. The maximum Gasteiger partial charge on any atom is 0.243 e. The molecule has 1 aliphatic rings. The maximum atomic E-state index is 12.9. The second-order valence-electron chi connectivity index (χ2n) is 6.53. The van der Waals surface area contributed by atoms with Crippen molar-refractivity contribution in [3.8, 4) is 5.75 Å². The monoisotopic (exact) mass is 374 g/mol. The van der Waals surface area contributed by atoms with E-state index in [0.29, 0.717) is 24.6 Å². The highest BCUT2D eigenvalue weighted by atomic mass is 32.2. The summed E-state index contributed by atoms with van der Waals surface area (Å²) in [5.74, 6) is 0.735. The molecule has 1 heterocycles. The molecule has 140 valence electrons. The van der Waals surface area contributed by atoms with Crippen molar-refractivity contribution in [3.63, 3.8) is 0 Å². The second-order valence-corrected chi connectivity index (χ2v) is 8.46. The Morgan fingerprint density at radius 2 is 1.69 bits per heavy atom. The van der Waals surface area contributed by atoms with Crippen molar-refractivity contribution in [2.24, 2.45) is 0 Å². The molecule has 1 fully saturated rings. The van der Waals surface area contributed by atoms with Crippen molar-refractivity contribution in [2.45, 2.75) is 25.3 Å². The van der Waals surface area contributed by atoms with Crippen LogP contribution in [0.2, 0.25) is 0 Å². The summed E-state index contributed by atoms with van der Waals surface area (Å²) in [5, 5.41) is 0. The largest absolute Gasteiger partial charge is 0.494 e. The number of rotatable bonds is 6. The van der Waals surface area contributed by atoms with Gasteiger partial charge < -0.3 is 4.74 Å². The maximum absolute atomic E-state index is 12.9. The van der Waals surface area contributed by atoms with Gasteiger partial charge in [0.05, 0.1) is 11.5 Å². The summed E-state index contributed by atoms with van der Waals surface area (Å²) >= 11 is 0. The summed E-state index contributed by atoms with van der Waals surface area (Å²) < 4.78 is 33.0. The first-order valence-corrected chi connectivity index (χ1v) is 10.4. The molecule has 2 aromatic carbocycles. The molecule has 0 aromatic heterocycles. The number of piperazine rings is 1. The Balaban J connectivity index is 1.65. The Morgan fingerprint density at radius 3 is 2.31 bits per heavy atom. The van der Waals surface area contributed by atoms with E-state index in [-0.39, 0.29) is 0 Å². The number of hydrogen-bond acceptors (Lipinski definition) is 4. The van der Waals surface area contributed by atoms with Crippen molar-refractivity contribution < 1.29 is 13.2 Å². The average Bonchev–Trinajstić information content (AvgIpc) is 2.65. The summed E-state index contributed by atoms with van der Waals surface area (Å²) in [6, 6.07) is 15.4. The first kappa shape index (κ1) is 18.9. The van der Waals surface area contributed by atoms with Crippen LogP contribution in [0.1, 0.15) is 18.1 Å². The van der Waals surface area contributed by atoms with Gasteiger partial charge in [0.15, 0.2) is 0 Å². The summed E-state index contributed by atoms with van der Waals surface area (Å²) in [7, 11) is -3.46. The molecule has 0 N–H and O–H groups in total. The van der Waals surface area contributed by atoms with Crippen LogP contribution in [0.25, 0.3) is 0 Å². The van der Waals surface area contributed by atoms with E-state index in [9.17, 15) is 8.42 Å². The molecule has 0 atom stereocenters. The minimum atomic E-state index is -3.46. The van der Waals surface area contributed by atoms with E-state index in [1.807, 2.05) is 32.0 Å². The number of nitrogens with zero attached hydrogens (tertiary/aromatic N) is 2. The van der Waals surface area contributed by atoms with E-state index >= 15 is 0 Å². The molecule has 6 heteroatoms. The van der Waals surface area contributed by atoms with Crippen LogP contribution in [0.3, 0.4) is 0 Å². The van der Waals surface area contributed by atoms with Crippen molar-refractivity contribution in [2.75, 3.05) is 32.8 Å². The summed E-state index contributed by atoms with van der Waals surface area (Å²) in [6.45, 7) is 7.73. The fraction of sp³-hybridized carbons (Fsp3) is 0.400. The number of sulfonamides is 1. The van der Waals surface area contributed by atoms with Crippen molar-refractivity contribution in [1.29, 1.82) is 0 Å². The third-order valence-electron chi connectivity index (χ3n) is 4.66. The molecule has 0 saturated carbocycles. The Kier molecular flexibility index (Phi) is 5.96. The minimum Gasteiger partial charge on any atom is -0.494 e. The Morgan fingerprint density at radius 1 is 1.00 bits per heavy atom. The summed E-state index contributed by atoms with van der Waals surface area (Å²) in [6.07, 6.45) is 0. The molecular weight excluding hydrogens is 348 g/mol. The highest BCUT2D eigenvalue weighted by molar-refractivity contribution is 7.89. The predicted octanol–water partition coefficient (Wildman–Crippen LogP) is 2.90. The molecule has 5 nitrogen and oxygen atoms in total. The highest BCUT2D eigenvalue weighted by Crippen LogP contribution is 2.25. The van der Waals surface area contributed by atoms with E-state index in [2.05, 4.69) is 17.0 Å². The van der Waals surface area contributed by atoms with Crippen LogP contribution in [0.15, 0.2) is 53.4 Å². The fourth-order valence-corrected chi connectivity index (χ4v) is 4.73. The Hall–Kier alpha value is -1.89. The Bertz CT molecular complexity index is 829. The van der Waals surface area contributed by atoms with Crippen molar-refractivity contribution in [1.82, 2.24) is 9.21 Å². The molecule has 3 rings (SSSR count). The number of aryl methyl sites for hydroxylation is 1. The summed E-state index contributed by atoms with van der Waals surface area (Å²) in [4.78, 5) is 2.64. The van der Waals surface area contributed by atoms with Crippen LogP contribution in [-0.4, -0.2) is 50.4 Å². The molecule has 0 radical (unpaired) electrons. The lowest BCUT2D eigenvalue weighted by Crippen LogP contribution is -2.48. The van der Waals surface area contributed by atoms with Crippen LogP contribution in [0, 0.1) is 6.92 Å². The smallest absolute Gasteiger partial charge is 0.243 e. The molecule has 2 aromatic rings. The van der Waals surface area contributed by atoms with Gasteiger partial charge in [-0.1, -0.05) is 30.3 Å².